The van der Waals surface area contributed by atoms with Crippen molar-refractivity contribution in [3.8, 4) is 0 Å². The average Bonchev–Trinajstić information content (AvgIpc) is 3.19. The van der Waals surface area contributed by atoms with Gasteiger partial charge in [0.25, 0.3) is 0 Å². The maximum atomic E-state index is 13.3. The number of rotatable bonds is 6. The van der Waals surface area contributed by atoms with Crippen LogP contribution in [0.25, 0.3) is 11.2 Å². The van der Waals surface area contributed by atoms with Crippen LogP contribution < -0.4 is 0 Å². The number of carbonyl (C=O) groups excluding carboxylic acids is 1. The number of hydrogen-bond donors (Lipinski definition) is 1. The summed E-state index contributed by atoms with van der Waals surface area (Å²) >= 11 is 12.3. The van der Waals surface area contributed by atoms with Crippen LogP contribution in [0.4, 0.5) is 9.18 Å². The minimum Gasteiger partial charge on any atom is -0.325 e. The fourth-order valence-corrected chi connectivity index (χ4v) is 4.04. The molecule has 6 nitrogen and oxygen atoms in total. The Labute approximate surface area is 176 Å². The van der Waals surface area contributed by atoms with Crippen molar-refractivity contribution in [2.75, 3.05) is 13.1 Å². The fraction of sp³-hybridized carbons (Fsp3) is 0.250. The van der Waals surface area contributed by atoms with E-state index in [-0.39, 0.29) is 18.6 Å². The Bertz CT molecular complexity index is 1090. The van der Waals surface area contributed by atoms with Crippen molar-refractivity contribution in [3.05, 3.63) is 70.4 Å². The Kier molecular flexibility index (Phi) is 5.43. The monoisotopic (exact) mass is 433 g/mol. The van der Waals surface area contributed by atoms with Gasteiger partial charge in [-0.3, -0.25) is 0 Å². The number of fused-ring (bicyclic) bond motifs is 1. The lowest BCUT2D eigenvalue weighted by Crippen LogP contribution is -2.36. The van der Waals surface area contributed by atoms with Gasteiger partial charge in [-0.25, -0.2) is 9.78 Å². The number of H-pyrrole nitrogens is 1. The molecule has 1 atom stereocenters. The smallest absolute Gasteiger partial charge is 0.321 e. The molecule has 3 aromatic rings. The fourth-order valence-electron chi connectivity index (χ4n) is 3.56. The molecule has 0 aliphatic carbocycles. The standard InChI is InChI=1S/C20H18Cl2FN5O/c1-2-7-28-14(8-12-3-4-13(21)9-15(12)22)10-27(20(28)29)11-18-24-16-5-6-17(23)25-19(16)26-18/h2-6,9,14H,1,7-8,10-11H2,(H,24,25,26). The second-order valence-electron chi connectivity index (χ2n) is 6.88. The number of nitrogens with one attached hydrogen (secondary N) is 1. The number of aromatic amines is 1. The van der Waals surface area contributed by atoms with Gasteiger partial charge in [0.15, 0.2) is 5.65 Å². The van der Waals surface area contributed by atoms with Crippen LogP contribution in [0.1, 0.15) is 11.4 Å². The predicted molar refractivity (Wildman–Crippen MR) is 111 cm³/mol. The van der Waals surface area contributed by atoms with E-state index in [1.807, 2.05) is 6.07 Å². The molecule has 1 aliphatic rings. The van der Waals surface area contributed by atoms with E-state index < -0.39 is 5.95 Å². The summed E-state index contributed by atoms with van der Waals surface area (Å²) in [5.74, 6) is -0.0304. The Morgan fingerprint density at radius 3 is 2.86 bits per heavy atom. The molecular weight excluding hydrogens is 416 g/mol. The number of nitrogens with zero attached hydrogens (tertiary/aromatic N) is 4. The molecule has 150 valence electrons. The normalized spacial score (nSPS) is 16.8. The van der Waals surface area contributed by atoms with E-state index in [0.29, 0.717) is 46.5 Å². The molecule has 1 fully saturated rings. The molecule has 1 unspecified atom stereocenters. The summed E-state index contributed by atoms with van der Waals surface area (Å²) in [6.45, 7) is 4.96. The zero-order chi connectivity index (χ0) is 20.5. The number of hydrogen-bond acceptors (Lipinski definition) is 3. The van der Waals surface area contributed by atoms with Crippen molar-refractivity contribution in [3.63, 3.8) is 0 Å². The quantitative estimate of drug-likeness (QED) is 0.461. The number of carbonyl (C=O) groups is 1. The van der Waals surface area contributed by atoms with Crippen molar-refractivity contribution >= 4 is 40.4 Å². The van der Waals surface area contributed by atoms with E-state index in [1.165, 1.54) is 6.07 Å². The van der Waals surface area contributed by atoms with Crippen LogP contribution in [0, 0.1) is 5.95 Å². The van der Waals surface area contributed by atoms with Crippen LogP contribution in [0.15, 0.2) is 43.0 Å². The van der Waals surface area contributed by atoms with E-state index in [4.69, 9.17) is 23.2 Å². The zero-order valence-electron chi connectivity index (χ0n) is 15.4. The Morgan fingerprint density at radius 2 is 2.10 bits per heavy atom. The van der Waals surface area contributed by atoms with E-state index in [1.54, 1.807) is 34.1 Å². The summed E-state index contributed by atoms with van der Waals surface area (Å²) in [6, 6.07) is 7.99. The van der Waals surface area contributed by atoms with Crippen LogP contribution in [0.3, 0.4) is 0 Å². The molecule has 1 saturated heterocycles. The zero-order valence-corrected chi connectivity index (χ0v) is 16.9. The maximum Gasteiger partial charge on any atom is 0.321 e. The maximum absolute atomic E-state index is 13.3. The molecule has 0 saturated carbocycles. The van der Waals surface area contributed by atoms with E-state index in [2.05, 4.69) is 21.5 Å². The number of halogens is 3. The van der Waals surface area contributed by atoms with Crippen molar-refractivity contribution in [2.24, 2.45) is 0 Å². The third-order valence-corrected chi connectivity index (χ3v) is 5.47. The van der Waals surface area contributed by atoms with Crippen molar-refractivity contribution in [2.45, 2.75) is 19.0 Å². The van der Waals surface area contributed by atoms with Crippen molar-refractivity contribution in [1.29, 1.82) is 0 Å². The number of aromatic nitrogens is 3. The van der Waals surface area contributed by atoms with E-state index >= 15 is 0 Å². The van der Waals surface area contributed by atoms with E-state index in [9.17, 15) is 9.18 Å². The number of amides is 2. The van der Waals surface area contributed by atoms with Gasteiger partial charge in [-0.15, -0.1) is 6.58 Å². The number of benzene rings is 1. The number of imidazole rings is 1. The molecule has 9 heteroatoms. The minimum absolute atomic E-state index is 0.0703. The topological polar surface area (TPSA) is 65.1 Å². The first-order valence-corrected chi connectivity index (χ1v) is 9.81. The first kappa shape index (κ1) is 19.7. The summed E-state index contributed by atoms with van der Waals surface area (Å²) in [5.41, 5.74) is 1.84. The highest BCUT2D eigenvalue weighted by Crippen LogP contribution is 2.27. The highest BCUT2D eigenvalue weighted by molar-refractivity contribution is 6.35. The SMILES string of the molecule is C=CCN1C(=O)N(Cc2nc3ccc(F)nc3[nH]2)CC1Cc1ccc(Cl)cc1Cl. The van der Waals surface area contributed by atoms with Gasteiger partial charge in [0.1, 0.15) is 11.3 Å². The second kappa shape index (κ2) is 8.00. The Balaban J connectivity index is 1.54. The average molecular weight is 434 g/mol. The van der Waals surface area contributed by atoms with Gasteiger partial charge in [0, 0.05) is 23.1 Å². The summed E-state index contributed by atoms with van der Waals surface area (Å²) in [5, 5.41) is 1.15. The lowest BCUT2D eigenvalue weighted by Gasteiger charge is -2.22. The predicted octanol–water partition coefficient (Wildman–Crippen LogP) is 4.44. The molecule has 0 spiro atoms. The third-order valence-electron chi connectivity index (χ3n) is 4.88. The van der Waals surface area contributed by atoms with Crippen LogP contribution in [-0.2, 0) is 13.0 Å². The van der Waals surface area contributed by atoms with Gasteiger partial charge >= 0.3 is 6.03 Å². The van der Waals surface area contributed by atoms with Crippen molar-refractivity contribution < 1.29 is 9.18 Å². The lowest BCUT2D eigenvalue weighted by molar-refractivity contribution is 0.189. The minimum atomic E-state index is -0.581. The highest BCUT2D eigenvalue weighted by atomic mass is 35.5. The molecule has 29 heavy (non-hydrogen) atoms. The van der Waals surface area contributed by atoms with Gasteiger partial charge in [-0.05, 0) is 36.2 Å². The van der Waals surface area contributed by atoms with Gasteiger partial charge in [0.05, 0.1) is 12.6 Å². The summed E-state index contributed by atoms with van der Waals surface area (Å²) in [6.07, 6.45) is 2.30. The van der Waals surface area contributed by atoms with Crippen LogP contribution in [-0.4, -0.2) is 49.9 Å². The molecule has 3 heterocycles. The molecule has 0 radical (unpaired) electrons. The first-order valence-electron chi connectivity index (χ1n) is 9.06. The van der Waals surface area contributed by atoms with Gasteiger partial charge in [-0.1, -0.05) is 35.3 Å². The second-order valence-corrected chi connectivity index (χ2v) is 7.73. The van der Waals surface area contributed by atoms with Crippen molar-refractivity contribution in [1.82, 2.24) is 24.8 Å². The van der Waals surface area contributed by atoms with Gasteiger partial charge < -0.3 is 14.8 Å². The summed E-state index contributed by atoms with van der Waals surface area (Å²) in [4.78, 5) is 27.6. The summed E-state index contributed by atoms with van der Waals surface area (Å²) < 4.78 is 13.3. The van der Waals surface area contributed by atoms with E-state index in [0.717, 1.165) is 5.56 Å². The summed E-state index contributed by atoms with van der Waals surface area (Å²) in [7, 11) is 0. The van der Waals surface area contributed by atoms with Crippen LogP contribution in [0.2, 0.25) is 10.0 Å². The molecule has 2 amide bonds. The molecular formula is C20H18Cl2FN5O. The van der Waals surface area contributed by atoms with Gasteiger partial charge in [-0.2, -0.15) is 9.37 Å². The first-order chi connectivity index (χ1) is 13.9. The van der Waals surface area contributed by atoms with Crippen LogP contribution in [0.5, 0.6) is 0 Å². The molecule has 4 rings (SSSR count). The molecule has 1 N–H and O–H groups in total. The molecule has 2 aromatic heterocycles. The molecule has 1 aliphatic heterocycles. The molecule has 0 bridgehead atoms. The lowest BCUT2D eigenvalue weighted by atomic mass is 10.1. The number of pyridine rings is 1. The Morgan fingerprint density at radius 1 is 1.28 bits per heavy atom. The largest absolute Gasteiger partial charge is 0.325 e. The number of urea groups is 1. The molecule has 1 aromatic carbocycles. The highest BCUT2D eigenvalue weighted by Gasteiger charge is 2.37. The van der Waals surface area contributed by atoms with Crippen LogP contribution >= 0.6 is 23.2 Å². The third kappa shape index (κ3) is 4.06. The van der Waals surface area contributed by atoms with Gasteiger partial charge in [0.2, 0.25) is 5.95 Å². The Hall–Kier alpha value is -2.64.